The third kappa shape index (κ3) is 2.77. The van der Waals surface area contributed by atoms with Crippen LogP contribution in [0, 0.1) is 0 Å². The fraction of sp³-hybridized carbons (Fsp3) is 0.143. The quantitative estimate of drug-likeness (QED) is 0.263. The Hall–Kier alpha value is -2.37. The lowest BCUT2D eigenvalue weighted by molar-refractivity contribution is -0.135. The van der Waals surface area contributed by atoms with Crippen molar-refractivity contribution in [2.45, 2.75) is 16.7 Å². The van der Waals surface area contributed by atoms with E-state index in [0.29, 0.717) is 6.42 Å². The van der Waals surface area contributed by atoms with Gasteiger partial charge in [0.1, 0.15) is 5.75 Å². The summed E-state index contributed by atoms with van der Waals surface area (Å²) in [6.07, 6.45) is 0.420. The van der Waals surface area contributed by atoms with Crippen LogP contribution in [0.1, 0.15) is 17.9 Å². The molecule has 1 aliphatic rings. The van der Waals surface area contributed by atoms with Gasteiger partial charge >= 0.3 is 5.97 Å². The first kappa shape index (κ1) is 15.9. The third-order valence-corrected chi connectivity index (χ3v) is 7.00. The van der Waals surface area contributed by atoms with Gasteiger partial charge in [-0.05, 0) is 17.5 Å². The average molecular weight is 377 g/mol. The van der Waals surface area contributed by atoms with Gasteiger partial charge in [0.05, 0.1) is 16.6 Å². The third-order valence-electron chi connectivity index (χ3n) is 4.66. The summed E-state index contributed by atoms with van der Waals surface area (Å²) in [5.74, 6) is 1.55. The Bertz CT molecular complexity index is 1100. The van der Waals surface area contributed by atoms with Crippen LogP contribution in [0.15, 0.2) is 65.0 Å². The van der Waals surface area contributed by atoms with Gasteiger partial charge in [0.25, 0.3) is 0 Å². The predicted octanol–water partition coefficient (Wildman–Crippen LogP) is 5.63. The van der Waals surface area contributed by atoms with Crippen molar-refractivity contribution in [3.05, 3.63) is 66.2 Å². The van der Waals surface area contributed by atoms with E-state index in [0.717, 1.165) is 37.7 Å². The molecule has 3 aromatic carbocycles. The van der Waals surface area contributed by atoms with Crippen LogP contribution in [-0.4, -0.2) is 16.7 Å². The Labute approximate surface area is 159 Å². The largest absolute Gasteiger partial charge is 0.426 e. The number of nitrogens with zero attached hydrogens (tertiary/aromatic N) is 1. The van der Waals surface area contributed by atoms with E-state index >= 15 is 0 Å². The Kier molecular flexibility index (Phi) is 3.91. The lowest BCUT2D eigenvalue weighted by Crippen LogP contribution is -2.21. The zero-order chi connectivity index (χ0) is 17.5. The highest BCUT2D eigenvalue weighted by atomic mass is 32.2. The van der Waals surface area contributed by atoms with Gasteiger partial charge in [-0.3, -0.25) is 4.79 Å². The number of carbonyl (C=O) groups excluding carboxylic acids is 1. The fourth-order valence-corrected chi connectivity index (χ4v) is 5.61. The minimum atomic E-state index is -0.149. The number of hydrogen-bond acceptors (Lipinski definition) is 5. The molecule has 0 saturated carbocycles. The molecular formula is C21H15NO2S2. The zero-order valence-electron chi connectivity index (χ0n) is 13.8. The van der Waals surface area contributed by atoms with Crippen molar-refractivity contribution < 1.29 is 9.53 Å². The van der Waals surface area contributed by atoms with Crippen LogP contribution in [0.25, 0.3) is 21.0 Å². The molecule has 0 fully saturated rings. The topological polar surface area (TPSA) is 39.2 Å². The van der Waals surface area contributed by atoms with E-state index < -0.39 is 0 Å². The molecule has 5 rings (SSSR count). The van der Waals surface area contributed by atoms with E-state index in [4.69, 9.17) is 4.74 Å². The first-order valence-electron chi connectivity index (χ1n) is 8.48. The van der Waals surface area contributed by atoms with E-state index in [9.17, 15) is 4.79 Å². The van der Waals surface area contributed by atoms with Crippen molar-refractivity contribution >= 4 is 50.1 Å². The number of benzene rings is 3. The molecule has 1 aromatic heterocycles. The van der Waals surface area contributed by atoms with Gasteiger partial charge in [0, 0.05) is 22.6 Å². The van der Waals surface area contributed by atoms with Crippen molar-refractivity contribution in [2.75, 3.05) is 5.75 Å². The Morgan fingerprint density at radius 2 is 1.92 bits per heavy atom. The summed E-state index contributed by atoms with van der Waals surface area (Å²) in [6.45, 7) is 0. The summed E-state index contributed by atoms with van der Waals surface area (Å²) < 4.78 is 7.86. The molecule has 4 aromatic rings. The Balaban J connectivity index is 1.46. The summed E-state index contributed by atoms with van der Waals surface area (Å²) in [7, 11) is 0. The Morgan fingerprint density at radius 3 is 2.85 bits per heavy atom. The van der Waals surface area contributed by atoms with Crippen LogP contribution >= 0.6 is 23.1 Å². The molecular weight excluding hydrogens is 362 g/mol. The normalized spacial score (nSPS) is 16.6. The smallest absolute Gasteiger partial charge is 0.311 e. The Morgan fingerprint density at radius 1 is 1.08 bits per heavy atom. The molecule has 0 spiro atoms. The molecule has 128 valence electrons. The highest BCUT2D eigenvalue weighted by Gasteiger charge is 2.28. The molecule has 1 aliphatic heterocycles. The predicted molar refractivity (Wildman–Crippen MR) is 107 cm³/mol. The van der Waals surface area contributed by atoms with Gasteiger partial charge in [0.15, 0.2) is 4.34 Å². The van der Waals surface area contributed by atoms with E-state index in [-0.39, 0.29) is 11.9 Å². The summed E-state index contributed by atoms with van der Waals surface area (Å²) in [5.41, 5.74) is 2.16. The molecule has 1 atom stereocenters. The van der Waals surface area contributed by atoms with Crippen LogP contribution in [-0.2, 0) is 4.79 Å². The first-order chi connectivity index (χ1) is 12.8. The molecule has 0 saturated heterocycles. The van der Waals surface area contributed by atoms with Crippen molar-refractivity contribution in [3.8, 4) is 5.75 Å². The van der Waals surface area contributed by atoms with Crippen molar-refractivity contribution in [3.63, 3.8) is 0 Å². The number of thiazole rings is 1. The van der Waals surface area contributed by atoms with Crippen LogP contribution in [0.5, 0.6) is 5.75 Å². The second kappa shape index (κ2) is 6.41. The second-order valence-electron chi connectivity index (χ2n) is 6.34. The van der Waals surface area contributed by atoms with E-state index in [1.807, 2.05) is 42.5 Å². The van der Waals surface area contributed by atoms with Gasteiger partial charge in [-0.2, -0.15) is 0 Å². The zero-order valence-corrected chi connectivity index (χ0v) is 15.5. The summed E-state index contributed by atoms with van der Waals surface area (Å²) in [6, 6.07) is 20.4. The lowest BCUT2D eigenvalue weighted by atomic mass is 9.92. The molecule has 26 heavy (non-hydrogen) atoms. The molecule has 3 nitrogen and oxygen atoms in total. The van der Waals surface area contributed by atoms with Gasteiger partial charge in [-0.1, -0.05) is 60.3 Å². The minimum Gasteiger partial charge on any atom is -0.426 e. The monoisotopic (exact) mass is 377 g/mol. The van der Waals surface area contributed by atoms with Crippen LogP contribution in [0.3, 0.4) is 0 Å². The number of fused-ring (bicyclic) bond motifs is 4. The fourth-order valence-electron chi connectivity index (χ4n) is 3.40. The van der Waals surface area contributed by atoms with Crippen LogP contribution in [0.4, 0.5) is 0 Å². The van der Waals surface area contributed by atoms with Crippen molar-refractivity contribution in [1.82, 2.24) is 4.98 Å². The SMILES string of the molecule is O=C1CC(CSc2nc3ccccc3s2)c2ccc3ccccc3c2O1. The maximum atomic E-state index is 12.2. The van der Waals surface area contributed by atoms with Gasteiger partial charge in [-0.25, -0.2) is 4.98 Å². The van der Waals surface area contributed by atoms with Crippen LogP contribution in [0.2, 0.25) is 0 Å². The number of thioether (sulfide) groups is 1. The number of esters is 1. The van der Waals surface area contributed by atoms with Crippen molar-refractivity contribution in [1.29, 1.82) is 0 Å². The molecule has 0 radical (unpaired) electrons. The van der Waals surface area contributed by atoms with Gasteiger partial charge in [-0.15, -0.1) is 11.3 Å². The summed E-state index contributed by atoms with van der Waals surface area (Å²) in [4.78, 5) is 16.9. The maximum absolute atomic E-state index is 12.2. The molecule has 0 amide bonds. The molecule has 0 N–H and O–H groups in total. The number of aromatic nitrogens is 1. The summed E-state index contributed by atoms with van der Waals surface area (Å²) >= 11 is 3.43. The molecule has 0 bridgehead atoms. The first-order valence-corrected chi connectivity index (χ1v) is 10.3. The minimum absolute atomic E-state index is 0.146. The number of para-hydroxylation sites is 1. The molecule has 5 heteroatoms. The second-order valence-corrected chi connectivity index (χ2v) is 8.64. The van der Waals surface area contributed by atoms with E-state index in [1.165, 1.54) is 4.70 Å². The number of ether oxygens (including phenoxy) is 1. The maximum Gasteiger partial charge on any atom is 0.311 e. The molecule has 1 unspecified atom stereocenters. The van der Waals surface area contributed by atoms with Gasteiger partial charge < -0.3 is 4.74 Å². The average Bonchev–Trinajstić information content (AvgIpc) is 3.09. The molecule has 0 aliphatic carbocycles. The van der Waals surface area contributed by atoms with E-state index in [2.05, 4.69) is 23.2 Å². The standard InChI is InChI=1S/C21H15NO2S2/c23-19-11-14(12-25-21-22-17-7-3-4-8-18(17)26-21)16-10-9-13-5-1-2-6-15(13)20(16)24-19/h1-10,14H,11-12H2. The van der Waals surface area contributed by atoms with Gasteiger partial charge in [0.2, 0.25) is 0 Å². The van der Waals surface area contributed by atoms with Crippen LogP contribution < -0.4 is 4.74 Å². The number of carbonyl (C=O) groups is 1. The highest BCUT2D eigenvalue weighted by molar-refractivity contribution is 8.01. The van der Waals surface area contributed by atoms with E-state index in [1.54, 1.807) is 23.1 Å². The highest BCUT2D eigenvalue weighted by Crippen LogP contribution is 2.42. The number of rotatable bonds is 3. The number of hydrogen-bond donors (Lipinski definition) is 0. The summed E-state index contributed by atoms with van der Waals surface area (Å²) in [5, 5.41) is 2.10. The van der Waals surface area contributed by atoms with Crippen molar-refractivity contribution in [2.24, 2.45) is 0 Å². The molecule has 2 heterocycles. The lowest BCUT2D eigenvalue weighted by Gasteiger charge is -2.25.